The van der Waals surface area contributed by atoms with Gasteiger partial charge in [-0.05, 0) is 28.7 Å². The monoisotopic (exact) mass is 376 g/mol. The molecule has 4 rings (SSSR count). The van der Waals surface area contributed by atoms with Gasteiger partial charge in [0.25, 0.3) is 0 Å². The summed E-state index contributed by atoms with van der Waals surface area (Å²) in [5.41, 5.74) is 1.14. The van der Waals surface area contributed by atoms with E-state index in [1.54, 1.807) is 16.9 Å². The molecule has 6 nitrogen and oxygen atoms in total. The lowest BCUT2D eigenvalue weighted by molar-refractivity contribution is -0.122. The number of carbonyl (C=O) groups excluding carboxylic acids is 2. The zero-order valence-corrected chi connectivity index (χ0v) is 15.9. The van der Waals surface area contributed by atoms with Gasteiger partial charge in [-0.3, -0.25) is 9.59 Å². The first-order valence-electron chi connectivity index (χ1n) is 9.68. The zero-order valence-electron chi connectivity index (χ0n) is 15.9. The van der Waals surface area contributed by atoms with Crippen molar-refractivity contribution in [1.29, 1.82) is 0 Å². The summed E-state index contributed by atoms with van der Waals surface area (Å²) < 4.78 is 1.78. The molecule has 2 N–H and O–H groups in total. The molecule has 2 atom stereocenters. The first-order valence-corrected chi connectivity index (χ1v) is 9.68. The van der Waals surface area contributed by atoms with Crippen LogP contribution in [0.3, 0.4) is 0 Å². The van der Waals surface area contributed by atoms with Gasteiger partial charge in [0, 0.05) is 24.9 Å². The minimum absolute atomic E-state index is 0.0568. The lowest BCUT2D eigenvalue weighted by atomic mass is 10.0. The van der Waals surface area contributed by atoms with Gasteiger partial charge in [0.05, 0.1) is 12.7 Å². The molecule has 28 heavy (non-hydrogen) atoms. The molecular weight excluding hydrogens is 352 g/mol. The van der Waals surface area contributed by atoms with Crippen molar-refractivity contribution in [2.75, 3.05) is 11.9 Å². The standard InChI is InChI=1S/C22H24N4O2/c1-15-13-19(15)22(28)23-11-10-21(27)25-20-9-12-24-26(20)14-17-7-4-6-16-5-2-3-8-18(16)17/h2-9,12,15,19H,10-11,13-14H2,1H3,(H,23,28)(H,25,27)/t15-,19+/m1/s1. The van der Waals surface area contributed by atoms with Crippen LogP contribution in [-0.4, -0.2) is 28.1 Å². The topological polar surface area (TPSA) is 76.0 Å². The number of hydrogen-bond acceptors (Lipinski definition) is 3. The first-order chi connectivity index (χ1) is 13.6. The predicted octanol–water partition coefficient (Wildman–Crippen LogP) is 3.19. The van der Waals surface area contributed by atoms with E-state index in [1.165, 1.54) is 10.8 Å². The van der Waals surface area contributed by atoms with Crippen LogP contribution < -0.4 is 10.6 Å². The summed E-state index contributed by atoms with van der Waals surface area (Å²) in [5.74, 6) is 1.17. The Balaban J connectivity index is 1.36. The lowest BCUT2D eigenvalue weighted by Crippen LogP contribution is -2.29. The van der Waals surface area contributed by atoms with E-state index >= 15 is 0 Å². The van der Waals surface area contributed by atoms with Crippen molar-refractivity contribution in [3.05, 3.63) is 60.3 Å². The van der Waals surface area contributed by atoms with Crippen LogP contribution in [0.25, 0.3) is 10.8 Å². The fourth-order valence-electron chi connectivity index (χ4n) is 3.48. The first kappa shape index (κ1) is 18.2. The van der Waals surface area contributed by atoms with Crippen molar-refractivity contribution in [3.8, 4) is 0 Å². The molecule has 1 fully saturated rings. The number of carbonyl (C=O) groups is 2. The predicted molar refractivity (Wildman–Crippen MR) is 109 cm³/mol. The quantitative estimate of drug-likeness (QED) is 0.665. The van der Waals surface area contributed by atoms with Crippen LogP contribution in [-0.2, 0) is 16.1 Å². The molecule has 1 heterocycles. The van der Waals surface area contributed by atoms with Gasteiger partial charge in [-0.15, -0.1) is 0 Å². The van der Waals surface area contributed by atoms with Gasteiger partial charge >= 0.3 is 0 Å². The fourth-order valence-corrected chi connectivity index (χ4v) is 3.48. The summed E-state index contributed by atoms with van der Waals surface area (Å²) >= 11 is 0. The molecule has 1 aliphatic carbocycles. The number of anilines is 1. The Morgan fingerprint density at radius 3 is 2.75 bits per heavy atom. The van der Waals surface area contributed by atoms with Crippen LogP contribution in [0.1, 0.15) is 25.3 Å². The van der Waals surface area contributed by atoms with Crippen molar-refractivity contribution < 1.29 is 9.59 Å². The summed E-state index contributed by atoms with van der Waals surface area (Å²) in [6.45, 7) is 2.99. The van der Waals surface area contributed by atoms with Crippen molar-refractivity contribution in [3.63, 3.8) is 0 Å². The molecule has 1 aromatic heterocycles. The Labute approximate surface area is 163 Å². The molecule has 0 saturated heterocycles. The van der Waals surface area contributed by atoms with Gasteiger partial charge in [-0.2, -0.15) is 5.10 Å². The minimum Gasteiger partial charge on any atom is -0.355 e. The third-order valence-electron chi connectivity index (χ3n) is 5.28. The minimum atomic E-state index is -0.135. The van der Waals surface area contributed by atoms with E-state index in [0.717, 1.165) is 12.0 Å². The second kappa shape index (κ2) is 7.84. The molecule has 1 aliphatic rings. The third kappa shape index (κ3) is 4.06. The lowest BCUT2D eigenvalue weighted by Gasteiger charge is -2.11. The van der Waals surface area contributed by atoms with Gasteiger partial charge in [-0.1, -0.05) is 49.4 Å². The largest absolute Gasteiger partial charge is 0.355 e. The molecule has 0 unspecified atom stereocenters. The van der Waals surface area contributed by atoms with Crippen LogP contribution in [0.5, 0.6) is 0 Å². The maximum Gasteiger partial charge on any atom is 0.227 e. The Kier molecular flexibility index (Phi) is 5.10. The molecule has 0 aliphatic heterocycles. The highest BCUT2D eigenvalue weighted by Gasteiger charge is 2.38. The Morgan fingerprint density at radius 2 is 1.93 bits per heavy atom. The highest BCUT2D eigenvalue weighted by atomic mass is 16.2. The van der Waals surface area contributed by atoms with E-state index in [1.807, 2.05) is 18.2 Å². The van der Waals surface area contributed by atoms with Gasteiger partial charge in [0.15, 0.2) is 0 Å². The van der Waals surface area contributed by atoms with E-state index in [-0.39, 0.29) is 24.2 Å². The van der Waals surface area contributed by atoms with Crippen LogP contribution in [0, 0.1) is 11.8 Å². The highest BCUT2D eigenvalue weighted by molar-refractivity contribution is 5.90. The van der Waals surface area contributed by atoms with Crippen LogP contribution in [0.15, 0.2) is 54.7 Å². The van der Waals surface area contributed by atoms with Crippen molar-refractivity contribution in [1.82, 2.24) is 15.1 Å². The number of hydrogen-bond donors (Lipinski definition) is 2. The number of rotatable bonds is 7. The van der Waals surface area contributed by atoms with Gasteiger partial charge in [0.1, 0.15) is 5.82 Å². The number of amides is 2. The molecule has 6 heteroatoms. The summed E-state index contributed by atoms with van der Waals surface area (Å²) in [6, 6.07) is 16.2. The molecule has 2 amide bonds. The van der Waals surface area contributed by atoms with E-state index in [9.17, 15) is 9.59 Å². The summed E-state index contributed by atoms with van der Waals surface area (Å²) in [7, 11) is 0. The van der Waals surface area contributed by atoms with Gasteiger partial charge < -0.3 is 10.6 Å². The second-order valence-corrected chi connectivity index (χ2v) is 7.42. The van der Waals surface area contributed by atoms with E-state index < -0.39 is 0 Å². The maximum absolute atomic E-state index is 12.3. The Morgan fingerprint density at radius 1 is 1.14 bits per heavy atom. The van der Waals surface area contributed by atoms with Gasteiger partial charge in [-0.25, -0.2) is 4.68 Å². The normalized spacial score (nSPS) is 18.0. The number of fused-ring (bicyclic) bond motifs is 1. The average molecular weight is 376 g/mol. The smallest absolute Gasteiger partial charge is 0.227 e. The molecule has 144 valence electrons. The molecule has 3 aromatic rings. The average Bonchev–Trinajstić information content (AvgIpc) is 3.28. The van der Waals surface area contributed by atoms with Gasteiger partial charge in [0.2, 0.25) is 11.8 Å². The molecule has 0 radical (unpaired) electrons. The van der Waals surface area contributed by atoms with Crippen molar-refractivity contribution >= 4 is 28.4 Å². The van der Waals surface area contributed by atoms with Crippen LogP contribution >= 0.6 is 0 Å². The summed E-state index contributed by atoms with van der Waals surface area (Å²) in [6.07, 6.45) is 2.87. The molecule has 0 bridgehead atoms. The van der Waals surface area contributed by atoms with Crippen LogP contribution in [0.2, 0.25) is 0 Å². The summed E-state index contributed by atoms with van der Waals surface area (Å²) in [5, 5.41) is 12.4. The second-order valence-electron chi connectivity index (χ2n) is 7.42. The van der Waals surface area contributed by atoms with E-state index in [4.69, 9.17) is 0 Å². The van der Waals surface area contributed by atoms with Crippen LogP contribution in [0.4, 0.5) is 5.82 Å². The molecule has 2 aromatic carbocycles. The zero-order chi connectivity index (χ0) is 19.5. The maximum atomic E-state index is 12.3. The SMILES string of the molecule is C[C@@H]1C[C@@H]1C(=O)NCCC(=O)Nc1ccnn1Cc1cccc2ccccc12. The van der Waals surface area contributed by atoms with Crippen molar-refractivity contribution in [2.45, 2.75) is 26.3 Å². The Bertz CT molecular complexity index is 1010. The molecule has 0 spiro atoms. The van der Waals surface area contributed by atoms with E-state index in [2.05, 4.69) is 46.9 Å². The highest BCUT2D eigenvalue weighted by Crippen LogP contribution is 2.37. The number of nitrogens with zero attached hydrogens (tertiary/aromatic N) is 2. The third-order valence-corrected chi connectivity index (χ3v) is 5.28. The number of aromatic nitrogens is 2. The van der Waals surface area contributed by atoms with E-state index in [0.29, 0.717) is 24.8 Å². The van der Waals surface area contributed by atoms with Crippen molar-refractivity contribution in [2.24, 2.45) is 11.8 Å². The molecular formula is C22H24N4O2. The number of nitrogens with one attached hydrogen (secondary N) is 2. The number of benzene rings is 2. The molecule has 1 saturated carbocycles. The summed E-state index contributed by atoms with van der Waals surface area (Å²) in [4.78, 5) is 24.1. The Hall–Kier alpha value is -3.15. The fraction of sp³-hybridized carbons (Fsp3) is 0.318.